The standard InChI is InChI=1S/C33H30ClFN4O4/c34-22-9-7-21(8-10-22)26-11-12-27-29(30(26)43-20-32(19-37)13-14-32)31(41)39(35)33(27,17-23-4-3-5-24(18-36)38-23)28(40)16-25-6-1-2-15-42-25/h3-5,7-12,25,28,40H,1-2,6,13-17,20H2/t25?,28?,33-/m1/s1. The minimum Gasteiger partial charge on any atom is -0.490 e. The van der Waals surface area contributed by atoms with Gasteiger partial charge >= 0.3 is 0 Å². The van der Waals surface area contributed by atoms with Crippen LogP contribution < -0.4 is 4.74 Å². The van der Waals surface area contributed by atoms with Crippen molar-refractivity contribution in [3.05, 3.63) is 82.1 Å². The van der Waals surface area contributed by atoms with Gasteiger partial charge in [-0.1, -0.05) is 46.4 Å². The van der Waals surface area contributed by atoms with Crippen molar-refractivity contribution in [2.45, 2.75) is 62.7 Å². The number of aromatic nitrogens is 1. The molecule has 2 unspecified atom stereocenters. The summed E-state index contributed by atoms with van der Waals surface area (Å²) in [5.74, 6) is -0.807. The lowest BCUT2D eigenvalue weighted by atomic mass is 9.77. The van der Waals surface area contributed by atoms with Gasteiger partial charge in [-0.25, -0.2) is 4.98 Å². The quantitative estimate of drug-likeness (QED) is 0.297. The molecule has 1 saturated heterocycles. The minimum atomic E-state index is -1.86. The maximum Gasteiger partial charge on any atom is 0.286 e. The number of carbonyl (C=O) groups is 1. The lowest BCUT2D eigenvalue weighted by Crippen LogP contribution is -2.51. The Morgan fingerprint density at radius 3 is 2.63 bits per heavy atom. The number of carbonyl (C=O) groups excluding carboxylic acids is 1. The minimum absolute atomic E-state index is 0.0104. The summed E-state index contributed by atoms with van der Waals surface area (Å²) in [7, 11) is 0. The molecule has 2 aliphatic heterocycles. The highest BCUT2D eigenvalue weighted by Gasteiger charge is 2.58. The van der Waals surface area contributed by atoms with Crippen LogP contribution in [0.25, 0.3) is 11.1 Å². The van der Waals surface area contributed by atoms with E-state index in [-0.39, 0.29) is 53.2 Å². The van der Waals surface area contributed by atoms with Crippen LogP contribution in [0.5, 0.6) is 5.75 Å². The number of pyridine rings is 1. The first-order valence-corrected chi connectivity index (χ1v) is 14.8. The van der Waals surface area contributed by atoms with Crippen molar-refractivity contribution in [3.8, 4) is 29.0 Å². The molecular weight excluding hydrogens is 571 g/mol. The van der Waals surface area contributed by atoms with Crippen LogP contribution in [-0.2, 0) is 16.7 Å². The summed E-state index contributed by atoms with van der Waals surface area (Å²) in [6, 6.07) is 19.5. The van der Waals surface area contributed by atoms with Gasteiger partial charge in [0.2, 0.25) is 0 Å². The van der Waals surface area contributed by atoms with E-state index >= 15 is 4.48 Å². The fraction of sp³-hybridized carbons (Fsp3) is 0.394. The zero-order valence-corrected chi connectivity index (χ0v) is 24.2. The van der Waals surface area contributed by atoms with E-state index < -0.39 is 23.0 Å². The van der Waals surface area contributed by atoms with E-state index in [4.69, 9.17) is 21.1 Å². The monoisotopic (exact) mass is 600 g/mol. The fourth-order valence-corrected chi connectivity index (χ4v) is 6.27. The summed E-state index contributed by atoms with van der Waals surface area (Å²) in [5, 5.41) is 31.7. The maximum atomic E-state index is 16.7. The summed E-state index contributed by atoms with van der Waals surface area (Å²) in [5.41, 5.74) is -0.565. The van der Waals surface area contributed by atoms with E-state index in [2.05, 4.69) is 11.1 Å². The van der Waals surface area contributed by atoms with Crippen molar-refractivity contribution in [1.29, 1.82) is 10.5 Å². The molecular formula is C33H30ClFN4O4. The molecule has 0 bridgehead atoms. The summed E-state index contributed by atoms with van der Waals surface area (Å²) in [4.78, 5) is 18.3. The number of fused-ring (bicyclic) bond motifs is 1. The lowest BCUT2D eigenvalue weighted by Gasteiger charge is -2.39. The predicted molar refractivity (Wildman–Crippen MR) is 155 cm³/mol. The smallest absolute Gasteiger partial charge is 0.286 e. The molecule has 10 heteroatoms. The van der Waals surface area contributed by atoms with Gasteiger partial charge < -0.3 is 14.6 Å². The number of aliphatic hydroxyl groups excluding tert-OH is 1. The normalized spacial score (nSPS) is 22.8. The van der Waals surface area contributed by atoms with E-state index in [1.54, 1.807) is 48.5 Å². The topological polar surface area (TPSA) is 119 Å². The summed E-state index contributed by atoms with van der Waals surface area (Å²) >= 11 is 6.13. The third-order valence-corrected chi connectivity index (χ3v) is 9.04. The zero-order valence-electron chi connectivity index (χ0n) is 23.4. The first kappa shape index (κ1) is 29.1. The molecule has 43 heavy (non-hydrogen) atoms. The van der Waals surface area contributed by atoms with Gasteiger partial charge in [-0.2, -0.15) is 15.6 Å². The number of halogens is 2. The van der Waals surface area contributed by atoms with Gasteiger partial charge in [0.05, 0.1) is 29.3 Å². The first-order chi connectivity index (χ1) is 20.8. The fourth-order valence-electron chi connectivity index (χ4n) is 6.14. The predicted octanol–water partition coefficient (Wildman–Crippen LogP) is 6.05. The highest BCUT2D eigenvalue weighted by atomic mass is 35.5. The van der Waals surface area contributed by atoms with Crippen LogP contribution in [0.3, 0.4) is 0 Å². The van der Waals surface area contributed by atoms with E-state index in [1.807, 2.05) is 6.07 Å². The molecule has 1 saturated carbocycles. The van der Waals surface area contributed by atoms with Gasteiger partial charge in [-0.05, 0) is 61.9 Å². The summed E-state index contributed by atoms with van der Waals surface area (Å²) in [6.45, 7) is 0.589. The van der Waals surface area contributed by atoms with Gasteiger partial charge in [0.1, 0.15) is 29.7 Å². The van der Waals surface area contributed by atoms with Crippen molar-refractivity contribution >= 4 is 17.5 Å². The lowest BCUT2D eigenvalue weighted by molar-refractivity contribution is -0.122. The average Bonchev–Trinajstić information content (AvgIpc) is 3.79. The number of hydrogen-bond acceptors (Lipinski definition) is 7. The Balaban J connectivity index is 1.51. The highest BCUT2D eigenvalue weighted by molar-refractivity contribution is 6.30. The van der Waals surface area contributed by atoms with Gasteiger partial charge in [-0.15, -0.1) is 0 Å². The Kier molecular flexibility index (Phi) is 7.83. The molecule has 3 atom stereocenters. The number of amides is 1. The van der Waals surface area contributed by atoms with E-state index in [9.17, 15) is 20.4 Å². The Labute approximate surface area is 254 Å². The van der Waals surface area contributed by atoms with Crippen LogP contribution in [0.15, 0.2) is 54.6 Å². The number of nitriles is 2. The van der Waals surface area contributed by atoms with Gasteiger partial charge in [0.25, 0.3) is 5.91 Å². The summed E-state index contributed by atoms with van der Waals surface area (Å²) < 4.78 is 28.8. The number of rotatable bonds is 9. The van der Waals surface area contributed by atoms with Crippen LogP contribution in [0.1, 0.15) is 65.8 Å². The van der Waals surface area contributed by atoms with E-state index in [1.165, 1.54) is 6.07 Å². The van der Waals surface area contributed by atoms with E-state index in [0.29, 0.717) is 47.7 Å². The number of aliphatic hydroxyl groups is 1. The second-order valence-corrected chi connectivity index (χ2v) is 12.0. The van der Waals surface area contributed by atoms with Crippen molar-refractivity contribution in [2.75, 3.05) is 13.2 Å². The SMILES string of the molecule is N#Cc1cccc(C[C@]2(C(O)CC3CCCCO3)c3ccc(-c4ccc(Cl)cc4)c(OCC4(C#N)CC4)c3C(=O)N2F)n1. The van der Waals surface area contributed by atoms with Crippen LogP contribution in [0, 0.1) is 28.1 Å². The molecule has 3 heterocycles. The van der Waals surface area contributed by atoms with Crippen LogP contribution in [-0.4, -0.2) is 46.5 Å². The largest absolute Gasteiger partial charge is 0.490 e. The molecule has 2 aromatic carbocycles. The van der Waals surface area contributed by atoms with Gasteiger partial charge in [0.15, 0.2) is 0 Å². The van der Waals surface area contributed by atoms with Crippen molar-refractivity contribution in [1.82, 2.24) is 10.1 Å². The Morgan fingerprint density at radius 1 is 1.16 bits per heavy atom. The molecule has 2 fully saturated rings. The van der Waals surface area contributed by atoms with Crippen LogP contribution in [0.2, 0.25) is 5.02 Å². The zero-order chi connectivity index (χ0) is 30.2. The highest BCUT2D eigenvalue weighted by Crippen LogP contribution is 2.52. The Hall–Kier alpha value is -4.02. The Bertz CT molecular complexity index is 1630. The molecule has 1 aromatic heterocycles. The van der Waals surface area contributed by atoms with Gasteiger partial charge in [0, 0.05) is 41.3 Å². The molecule has 1 N–H and O–H groups in total. The molecule has 0 spiro atoms. The van der Waals surface area contributed by atoms with Crippen molar-refractivity contribution in [3.63, 3.8) is 0 Å². The molecule has 0 radical (unpaired) electrons. The number of ether oxygens (including phenoxy) is 2. The van der Waals surface area contributed by atoms with Crippen molar-refractivity contribution in [2.24, 2.45) is 5.41 Å². The average molecular weight is 601 g/mol. The summed E-state index contributed by atoms with van der Waals surface area (Å²) in [6.07, 6.45) is 2.12. The van der Waals surface area contributed by atoms with E-state index in [0.717, 1.165) is 12.8 Å². The molecule has 3 aliphatic rings. The number of benzene rings is 2. The molecule has 1 amide bonds. The number of nitrogens with zero attached hydrogens (tertiary/aromatic N) is 4. The second kappa shape index (κ2) is 11.6. The van der Waals surface area contributed by atoms with Crippen molar-refractivity contribution < 1.29 is 23.9 Å². The second-order valence-electron chi connectivity index (χ2n) is 11.6. The first-order valence-electron chi connectivity index (χ1n) is 14.4. The molecule has 6 rings (SSSR count). The third-order valence-electron chi connectivity index (χ3n) is 8.79. The third kappa shape index (κ3) is 5.34. The molecule has 220 valence electrons. The molecule has 3 aromatic rings. The van der Waals surface area contributed by atoms with Crippen LogP contribution in [0.4, 0.5) is 4.48 Å². The molecule has 8 nitrogen and oxygen atoms in total. The molecule has 1 aliphatic carbocycles. The number of hydrogen-bond donors (Lipinski definition) is 1. The van der Waals surface area contributed by atoms with Gasteiger partial charge in [-0.3, -0.25) is 4.79 Å². The van der Waals surface area contributed by atoms with Crippen LogP contribution >= 0.6 is 11.6 Å². The maximum absolute atomic E-state index is 16.7. The Morgan fingerprint density at radius 2 is 1.95 bits per heavy atom.